The van der Waals surface area contributed by atoms with Gasteiger partial charge in [0.1, 0.15) is 4.88 Å². The predicted molar refractivity (Wildman–Crippen MR) is 88.4 cm³/mol. The third-order valence-corrected chi connectivity index (χ3v) is 4.24. The largest absolute Gasteiger partial charge is 0.465 e. The van der Waals surface area contributed by atoms with E-state index in [-0.39, 0.29) is 5.97 Å². The van der Waals surface area contributed by atoms with Gasteiger partial charge in [0.05, 0.1) is 13.7 Å². The zero-order valence-electron chi connectivity index (χ0n) is 13.3. The zero-order valence-corrected chi connectivity index (χ0v) is 14.1. The van der Waals surface area contributed by atoms with Gasteiger partial charge in [-0.2, -0.15) is 4.98 Å². The van der Waals surface area contributed by atoms with Crippen LogP contribution in [0.4, 0.5) is 0 Å². The molecule has 8 heteroatoms. The third-order valence-electron chi connectivity index (χ3n) is 3.29. The van der Waals surface area contributed by atoms with Gasteiger partial charge in [0, 0.05) is 24.5 Å². The number of carbonyl (C=O) groups excluding carboxylic acids is 1. The highest BCUT2D eigenvalue weighted by Crippen LogP contribution is 2.18. The first-order valence-electron chi connectivity index (χ1n) is 7.23. The van der Waals surface area contributed by atoms with Gasteiger partial charge in [-0.3, -0.25) is 9.88 Å². The van der Waals surface area contributed by atoms with Crippen LogP contribution in [0, 0.1) is 0 Å². The highest BCUT2D eigenvalue weighted by Gasteiger charge is 2.13. The Morgan fingerprint density at radius 3 is 3.04 bits per heavy atom. The van der Waals surface area contributed by atoms with E-state index in [1.165, 1.54) is 18.4 Å². The standard InChI is InChI=1S/C16H16N4O3S/c1-20(8-11-6-13(24-10-11)16(21)22-2)9-14-18-15(19-23-14)12-4-3-5-17-7-12/h3-7,10H,8-9H2,1-2H3. The Bertz CT molecular complexity index is 816. The first-order chi connectivity index (χ1) is 11.7. The van der Waals surface area contributed by atoms with Crippen LogP contribution in [-0.4, -0.2) is 40.2 Å². The molecule has 0 radical (unpaired) electrons. The molecule has 0 saturated carbocycles. The molecule has 0 N–H and O–H groups in total. The highest BCUT2D eigenvalue weighted by molar-refractivity contribution is 7.12. The molecule has 0 atom stereocenters. The van der Waals surface area contributed by atoms with Crippen molar-refractivity contribution in [2.45, 2.75) is 13.1 Å². The van der Waals surface area contributed by atoms with Gasteiger partial charge in [-0.25, -0.2) is 4.79 Å². The smallest absolute Gasteiger partial charge is 0.348 e. The number of carbonyl (C=O) groups is 1. The second-order valence-electron chi connectivity index (χ2n) is 5.24. The SMILES string of the molecule is COC(=O)c1cc(CN(C)Cc2nc(-c3cccnc3)no2)cs1. The molecule has 3 aromatic heterocycles. The highest BCUT2D eigenvalue weighted by atomic mass is 32.1. The Morgan fingerprint density at radius 1 is 1.42 bits per heavy atom. The van der Waals surface area contributed by atoms with E-state index < -0.39 is 0 Å². The Balaban J connectivity index is 1.61. The second kappa shape index (κ2) is 7.33. The molecular weight excluding hydrogens is 328 g/mol. The molecule has 0 spiro atoms. The summed E-state index contributed by atoms with van der Waals surface area (Å²) in [4.78, 5) is 22.5. The van der Waals surface area contributed by atoms with Crippen molar-refractivity contribution in [3.05, 3.63) is 52.3 Å². The molecule has 3 heterocycles. The van der Waals surface area contributed by atoms with Gasteiger partial charge >= 0.3 is 5.97 Å². The van der Waals surface area contributed by atoms with Crippen molar-refractivity contribution in [1.82, 2.24) is 20.0 Å². The topological polar surface area (TPSA) is 81.4 Å². The number of nitrogens with zero attached hydrogens (tertiary/aromatic N) is 4. The van der Waals surface area contributed by atoms with E-state index in [0.717, 1.165) is 11.1 Å². The van der Waals surface area contributed by atoms with Gasteiger partial charge in [-0.1, -0.05) is 5.16 Å². The molecule has 24 heavy (non-hydrogen) atoms. The first-order valence-corrected chi connectivity index (χ1v) is 8.11. The molecule has 0 aromatic carbocycles. The van der Waals surface area contributed by atoms with E-state index in [9.17, 15) is 4.79 Å². The lowest BCUT2D eigenvalue weighted by molar-refractivity contribution is 0.0606. The molecule has 0 fully saturated rings. The molecule has 124 valence electrons. The van der Waals surface area contributed by atoms with Crippen LogP contribution in [0.15, 0.2) is 40.5 Å². The van der Waals surface area contributed by atoms with E-state index in [1.807, 2.05) is 35.5 Å². The number of ether oxygens (including phenoxy) is 1. The predicted octanol–water partition coefficient (Wildman–Crippen LogP) is 2.61. The second-order valence-corrected chi connectivity index (χ2v) is 6.15. The molecule has 0 saturated heterocycles. The van der Waals surface area contributed by atoms with Gasteiger partial charge < -0.3 is 9.26 Å². The van der Waals surface area contributed by atoms with Crippen LogP contribution in [0.1, 0.15) is 21.1 Å². The van der Waals surface area contributed by atoms with E-state index in [0.29, 0.717) is 29.7 Å². The van der Waals surface area contributed by atoms with Crippen molar-refractivity contribution in [2.75, 3.05) is 14.2 Å². The fourth-order valence-electron chi connectivity index (χ4n) is 2.20. The minimum atomic E-state index is -0.313. The summed E-state index contributed by atoms with van der Waals surface area (Å²) in [6.45, 7) is 1.18. The summed E-state index contributed by atoms with van der Waals surface area (Å²) in [6, 6.07) is 5.54. The first kappa shape index (κ1) is 16.3. The van der Waals surface area contributed by atoms with Crippen LogP contribution in [0.5, 0.6) is 0 Å². The molecule has 7 nitrogen and oxygen atoms in total. The Morgan fingerprint density at radius 2 is 2.29 bits per heavy atom. The van der Waals surface area contributed by atoms with Gasteiger partial charge in [-0.05, 0) is 36.2 Å². The molecule has 0 bridgehead atoms. The maximum absolute atomic E-state index is 11.5. The van der Waals surface area contributed by atoms with Crippen LogP contribution in [0.3, 0.4) is 0 Å². The van der Waals surface area contributed by atoms with Crippen LogP contribution >= 0.6 is 11.3 Å². The van der Waals surface area contributed by atoms with E-state index in [4.69, 9.17) is 9.26 Å². The zero-order chi connectivity index (χ0) is 16.9. The van der Waals surface area contributed by atoms with Crippen molar-refractivity contribution in [2.24, 2.45) is 0 Å². The normalized spacial score (nSPS) is 11.0. The van der Waals surface area contributed by atoms with Crippen LogP contribution in [0.25, 0.3) is 11.4 Å². The van der Waals surface area contributed by atoms with Gasteiger partial charge in [0.25, 0.3) is 0 Å². The minimum Gasteiger partial charge on any atom is -0.465 e. The van der Waals surface area contributed by atoms with Crippen molar-refractivity contribution in [3.8, 4) is 11.4 Å². The molecule has 0 amide bonds. The van der Waals surface area contributed by atoms with Crippen LogP contribution in [-0.2, 0) is 17.8 Å². The minimum absolute atomic E-state index is 0.313. The maximum Gasteiger partial charge on any atom is 0.348 e. The fraction of sp³-hybridized carbons (Fsp3) is 0.250. The molecule has 0 aliphatic rings. The van der Waals surface area contributed by atoms with Gasteiger partial charge in [0.15, 0.2) is 0 Å². The lowest BCUT2D eigenvalue weighted by Gasteiger charge is -2.12. The molecule has 0 aliphatic heterocycles. The Kier molecular flexibility index (Phi) is 4.97. The lowest BCUT2D eigenvalue weighted by atomic mass is 10.3. The number of rotatable bonds is 6. The van der Waals surface area contributed by atoms with Crippen molar-refractivity contribution >= 4 is 17.3 Å². The maximum atomic E-state index is 11.5. The average Bonchev–Trinajstić information content (AvgIpc) is 3.24. The molecule has 0 unspecified atom stereocenters. The summed E-state index contributed by atoms with van der Waals surface area (Å²) in [5, 5.41) is 5.92. The van der Waals surface area contributed by atoms with Crippen molar-refractivity contribution in [3.63, 3.8) is 0 Å². The summed E-state index contributed by atoms with van der Waals surface area (Å²) < 4.78 is 10.0. The Labute approximate surface area is 142 Å². The summed E-state index contributed by atoms with van der Waals surface area (Å²) in [7, 11) is 3.33. The van der Waals surface area contributed by atoms with Gasteiger partial charge in [-0.15, -0.1) is 11.3 Å². The quantitative estimate of drug-likeness (QED) is 0.636. The molecule has 3 aromatic rings. The number of esters is 1. The van der Waals surface area contributed by atoms with E-state index in [2.05, 4.69) is 15.1 Å². The fourth-order valence-corrected chi connectivity index (χ4v) is 3.02. The van der Waals surface area contributed by atoms with Crippen molar-refractivity contribution in [1.29, 1.82) is 0 Å². The summed E-state index contributed by atoms with van der Waals surface area (Å²) in [5.74, 6) is 0.738. The Hall–Kier alpha value is -2.58. The molecule has 0 aliphatic carbocycles. The summed E-state index contributed by atoms with van der Waals surface area (Å²) in [5.41, 5.74) is 1.85. The number of hydrogen-bond donors (Lipinski definition) is 0. The number of methoxy groups -OCH3 is 1. The van der Waals surface area contributed by atoms with Crippen LogP contribution < -0.4 is 0 Å². The number of thiophene rings is 1. The number of pyridine rings is 1. The third kappa shape index (κ3) is 3.84. The summed E-state index contributed by atoms with van der Waals surface area (Å²) in [6.07, 6.45) is 3.39. The molecule has 3 rings (SSSR count). The van der Waals surface area contributed by atoms with Gasteiger partial charge in [0.2, 0.25) is 11.7 Å². The lowest BCUT2D eigenvalue weighted by Crippen LogP contribution is -2.17. The monoisotopic (exact) mass is 344 g/mol. The number of hydrogen-bond acceptors (Lipinski definition) is 8. The van der Waals surface area contributed by atoms with Crippen molar-refractivity contribution < 1.29 is 14.1 Å². The summed E-state index contributed by atoms with van der Waals surface area (Å²) >= 11 is 1.37. The van der Waals surface area contributed by atoms with E-state index in [1.54, 1.807) is 12.4 Å². The molecular formula is C16H16N4O3S. The van der Waals surface area contributed by atoms with E-state index >= 15 is 0 Å². The average molecular weight is 344 g/mol. The van der Waals surface area contributed by atoms with Crippen LogP contribution in [0.2, 0.25) is 0 Å². The number of aromatic nitrogens is 3.